The van der Waals surface area contributed by atoms with Gasteiger partial charge in [-0.3, -0.25) is 13.9 Å². The van der Waals surface area contributed by atoms with Crippen LogP contribution in [0.15, 0.2) is 65.6 Å². The minimum absolute atomic E-state index is 0.0136. The molecule has 1 atom stereocenters. The topological polar surface area (TPSA) is 86.8 Å². The van der Waals surface area contributed by atoms with Crippen LogP contribution in [0.2, 0.25) is 20.1 Å². The lowest BCUT2D eigenvalue weighted by molar-refractivity contribution is -0.140. The fourth-order valence-electron chi connectivity index (χ4n) is 5.17. The van der Waals surface area contributed by atoms with Crippen molar-refractivity contribution in [3.63, 3.8) is 0 Å². The maximum Gasteiger partial charge on any atom is 0.264 e. The number of hydrogen-bond acceptors (Lipinski definition) is 4. The van der Waals surface area contributed by atoms with Crippen LogP contribution in [0.4, 0.5) is 5.69 Å². The number of rotatable bonds is 11. The van der Waals surface area contributed by atoms with Gasteiger partial charge in [-0.25, -0.2) is 8.42 Å². The SMILES string of the molecule is CCC(C(=O)NC1CCCC1)N(Cc1ccc(Cl)cc1Cl)C(=O)CN(c1cc(Cl)cc(Cl)c1)S(=O)(=O)c1ccc(C)cc1. The number of nitrogens with one attached hydrogen (secondary N) is 1. The Bertz CT molecular complexity index is 1560. The highest BCUT2D eigenvalue weighted by Gasteiger charge is 2.35. The molecule has 1 fully saturated rings. The molecule has 7 nitrogen and oxygen atoms in total. The first-order valence-electron chi connectivity index (χ1n) is 14.0. The summed E-state index contributed by atoms with van der Waals surface area (Å²) in [5, 5.41) is 4.23. The Kier molecular flexibility index (Phi) is 11.3. The molecular formula is C31H33Cl4N3O4S. The Labute approximate surface area is 273 Å². The summed E-state index contributed by atoms with van der Waals surface area (Å²) in [6.07, 6.45) is 4.09. The van der Waals surface area contributed by atoms with E-state index in [1.54, 1.807) is 37.3 Å². The van der Waals surface area contributed by atoms with Crippen molar-refractivity contribution in [2.45, 2.75) is 69.5 Å². The van der Waals surface area contributed by atoms with E-state index in [1.165, 1.54) is 35.2 Å². The lowest BCUT2D eigenvalue weighted by Crippen LogP contribution is -2.53. The van der Waals surface area contributed by atoms with E-state index in [-0.39, 0.29) is 39.1 Å². The number of benzene rings is 3. The van der Waals surface area contributed by atoms with Crippen LogP contribution >= 0.6 is 46.4 Å². The van der Waals surface area contributed by atoms with Crippen molar-refractivity contribution in [3.05, 3.63) is 91.9 Å². The molecular weight excluding hydrogens is 652 g/mol. The van der Waals surface area contributed by atoms with Crippen LogP contribution in [0.1, 0.15) is 50.2 Å². The van der Waals surface area contributed by atoms with Crippen molar-refractivity contribution in [2.24, 2.45) is 0 Å². The van der Waals surface area contributed by atoms with Gasteiger partial charge < -0.3 is 10.2 Å². The number of halogens is 4. The smallest absolute Gasteiger partial charge is 0.264 e. The molecule has 12 heteroatoms. The molecule has 0 radical (unpaired) electrons. The van der Waals surface area contributed by atoms with Crippen molar-refractivity contribution in [1.82, 2.24) is 10.2 Å². The van der Waals surface area contributed by atoms with E-state index in [2.05, 4.69) is 5.32 Å². The highest BCUT2D eigenvalue weighted by molar-refractivity contribution is 7.92. The number of carbonyl (C=O) groups excluding carboxylic acids is 2. The lowest BCUT2D eigenvalue weighted by atomic mass is 10.1. The monoisotopic (exact) mass is 683 g/mol. The molecule has 0 bridgehead atoms. The number of aryl methyl sites for hydroxylation is 1. The van der Waals surface area contributed by atoms with Crippen LogP contribution in [0.25, 0.3) is 0 Å². The van der Waals surface area contributed by atoms with Gasteiger partial charge in [-0.05, 0) is 74.2 Å². The second-order valence-electron chi connectivity index (χ2n) is 10.6. The molecule has 0 aliphatic heterocycles. The van der Waals surface area contributed by atoms with Gasteiger partial charge in [-0.2, -0.15) is 0 Å². The van der Waals surface area contributed by atoms with E-state index < -0.39 is 28.5 Å². The summed E-state index contributed by atoms with van der Waals surface area (Å²) in [6.45, 7) is 2.99. The Balaban J connectivity index is 1.76. The molecule has 1 N–H and O–H groups in total. The third-order valence-corrected chi connectivity index (χ3v) is 10.3. The van der Waals surface area contributed by atoms with Gasteiger partial charge in [0.25, 0.3) is 10.0 Å². The van der Waals surface area contributed by atoms with Gasteiger partial charge in [0.2, 0.25) is 11.8 Å². The minimum atomic E-state index is -4.27. The van der Waals surface area contributed by atoms with Gasteiger partial charge in [-0.1, -0.05) is 89.9 Å². The molecule has 0 aromatic heterocycles. The number of anilines is 1. The molecule has 1 aliphatic rings. The summed E-state index contributed by atoms with van der Waals surface area (Å²) in [5.41, 5.74) is 1.54. The zero-order valence-electron chi connectivity index (χ0n) is 23.8. The summed E-state index contributed by atoms with van der Waals surface area (Å²) >= 11 is 25.1. The molecule has 1 saturated carbocycles. The maximum atomic E-state index is 14.3. The number of hydrogen-bond donors (Lipinski definition) is 1. The van der Waals surface area contributed by atoms with Gasteiger partial charge >= 0.3 is 0 Å². The first-order valence-corrected chi connectivity index (χ1v) is 16.9. The van der Waals surface area contributed by atoms with E-state index in [0.717, 1.165) is 35.6 Å². The third kappa shape index (κ3) is 8.37. The fourth-order valence-corrected chi connectivity index (χ4v) is 7.55. The summed E-state index contributed by atoms with van der Waals surface area (Å²) in [5.74, 6) is -0.905. The minimum Gasteiger partial charge on any atom is -0.352 e. The van der Waals surface area contributed by atoms with Crippen LogP contribution in [0, 0.1) is 6.92 Å². The molecule has 3 aromatic rings. The van der Waals surface area contributed by atoms with Gasteiger partial charge in [0.15, 0.2) is 0 Å². The molecule has 2 amide bonds. The molecule has 1 aliphatic carbocycles. The van der Waals surface area contributed by atoms with E-state index in [9.17, 15) is 18.0 Å². The fraction of sp³-hybridized carbons (Fsp3) is 0.355. The second kappa shape index (κ2) is 14.5. The normalized spacial score (nSPS) is 14.4. The summed E-state index contributed by atoms with van der Waals surface area (Å²) in [6, 6.07) is 14.7. The quantitative estimate of drug-likeness (QED) is 0.225. The van der Waals surface area contributed by atoms with Crippen LogP contribution in [-0.2, 0) is 26.2 Å². The first kappa shape index (κ1) is 33.4. The number of nitrogens with zero attached hydrogens (tertiary/aromatic N) is 2. The highest BCUT2D eigenvalue weighted by Crippen LogP contribution is 2.31. The van der Waals surface area contributed by atoms with Crippen molar-refractivity contribution >= 4 is 73.9 Å². The molecule has 0 spiro atoms. The molecule has 0 saturated heterocycles. The van der Waals surface area contributed by atoms with Crippen LogP contribution in [0.5, 0.6) is 0 Å². The predicted octanol–water partition coefficient (Wildman–Crippen LogP) is 7.67. The number of sulfonamides is 1. The Morgan fingerprint density at radius 2 is 1.53 bits per heavy atom. The molecule has 1 unspecified atom stereocenters. The molecule has 43 heavy (non-hydrogen) atoms. The zero-order valence-corrected chi connectivity index (χ0v) is 27.7. The van der Waals surface area contributed by atoms with E-state index in [0.29, 0.717) is 22.0 Å². The largest absolute Gasteiger partial charge is 0.352 e. The van der Waals surface area contributed by atoms with Gasteiger partial charge in [0, 0.05) is 32.7 Å². The highest BCUT2D eigenvalue weighted by atomic mass is 35.5. The summed E-state index contributed by atoms with van der Waals surface area (Å²) < 4.78 is 29.0. The van der Waals surface area contributed by atoms with Crippen LogP contribution in [-0.4, -0.2) is 43.8 Å². The van der Waals surface area contributed by atoms with Crippen molar-refractivity contribution < 1.29 is 18.0 Å². The zero-order chi connectivity index (χ0) is 31.3. The van der Waals surface area contributed by atoms with E-state index in [1.807, 2.05) is 6.92 Å². The van der Waals surface area contributed by atoms with Gasteiger partial charge in [0.05, 0.1) is 10.6 Å². The van der Waals surface area contributed by atoms with Gasteiger partial charge in [0.1, 0.15) is 12.6 Å². The number of carbonyl (C=O) groups is 2. The van der Waals surface area contributed by atoms with Crippen molar-refractivity contribution in [1.29, 1.82) is 0 Å². The van der Waals surface area contributed by atoms with Gasteiger partial charge in [-0.15, -0.1) is 0 Å². The van der Waals surface area contributed by atoms with Crippen LogP contribution in [0.3, 0.4) is 0 Å². The Morgan fingerprint density at radius 1 is 0.907 bits per heavy atom. The third-order valence-electron chi connectivity index (χ3n) is 7.47. The lowest BCUT2D eigenvalue weighted by Gasteiger charge is -2.34. The Morgan fingerprint density at radius 3 is 2.12 bits per heavy atom. The van der Waals surface area contributed by atoms with E-state index >= 15 is 0 Å². The molecule has 3 aromatic carbocycles. The van der Waals surface area contributed by atoms with Crippen molar-refractivity contribution in [2.75, 3.05) is 10.8 Å². The Hall–Kier alpha value is -2.49. The second-order valence-corrected chi connectivity index (χ2v) is 14.2. The maximum absolute atomic E-state index is 14.3. The predicted molar refractivity (Wildman–Crippen MR) is 174 cm³/mol. The van der Waals surface area contributed by atoms with Crippen molar-refractivity contribution in [3.8, 4) is 0 Å². The molecule has 4 rings (SSSR count). The summed E-state index contributed by atoms with van der Waals surface area (Å²) in [7, 11) is -4.27. The standard InChI is InChI=1S/C31H33Cl4N3O4S/c1-3-29(31(40)36-25-6-4-5-7-25)37(18-21-10-11-22(32)17-28(21)35)30(39)19-38(26-15-23(33)14-24(34)16-26)43(41,42)27-12-8-20(2)9-13-27/h8-17,25,29H,3-7,18-19H2,1-2H3,(H,36,40). The van der Waals surface area contributed by atoms with Crippen LogP contribution < -0.4 is 9.62 Å². The average Bonchev–Trinajstić information content (AvgIpc) is 3.45. The summed E-state index contributed by atoms with van der Waals surface area (Å²) in [4.78, 5) is 29.2. The van der Waals surface area contributed by atoms with E-state index in [4.69, 9.17) is 46.4 Å². The molecule has 0 heterocycles. The average molecular weight is 686 g/mol. The number of amides is 2. The first-order chi connectivity index (χ1) is 20.4. The molecule has 230 valence electrons.